The topological polar surface area (TPSA) is 97.6 Å². The summed E-state index contributed by atoms with van der Waals surface area (Å²) in [6.45, 7) is 1.36. The number of ketones is 1. The SMILES string of the molecule is CC(=O)CCN1C(=O)c2ccc([N+](=O)[O-])cc2C1=O. The van der Waals surface area contributed by atoms with E-state index in [0.29, 0.717) is 0 Å². The molecule has 0 atom stereocenters. The smallest absolute Gasteiger partial charge is 0.270 e. The zero-order chi connectivity index (χ0) is 14.2. The molecule has 0 spiro atoms. The highest BCUT2D eigenvalue weighted by molar-refractivity contribution is 6.21. The Morgan fingerprint density at radius 3 is 2.47 bits per heavy atom. The molecular weight excluding hydrogens is 252 g/mol. The van der Waals surface area contributed by atoms with E-state index in [-0.39, 0.29) is 35.6 Å². The molecular formula is C12H10N2O5. The van der Waals surface area contributed by atoms with Crippen LogP contribution in [0.15, 0.2) is 18.2 Å². The van der Waals surface area contributed by atoms with E-state index in [2.05, 4.69) is 0 Å². The fourth-order valence-electron chi connectivity index (χ4n) is 1.86. The number of hydrogen-bond donors (Lipinski definition) is 0. The van der Waals surface area contributed by atoms with Crippen molar-refractivity contribution in [3.8, 4) is 0 Å². The van der Waals surface area contributed by atoms with Crippen molar-refractivity contribution in [1.82, 2.24) is 4.90 Å². The van der Waals surface area contributed by atoms with Crippen LogP contribution in [0.2, 0.25) is 0 Å². The molecule has 7 heteroatoms. The number of non-ortho nitro benzene ring substituents is 1. The minimum Gasteiger partial charge on any atom is -0.300 e. The maximum atomic E-state index is 12.0. The monoisotopic (exact) mass is 262 g/mol. The second-order valence-electron chi connectivity index (χ2n) is 4.20. The van der Waals surface area contributed by atoms with Crippen LogP contribution in [0.4, 0.5) is 5.69 Å². The van der Waals surface area contributed by atoms with Gasteiger partial charge in [0.1, 0.15) is 5.78 Å². The molecule has 1 aliphatic rings. The van der Waals surface area contributed by atoms with Gasteiger partial charge in [-0.3, -0.25) is 29.4 Å². The second kappa shape index (κ2) is 4.60. The highest BCUT2D eigenvalue weighted by Crippen LogP contribution is 2.26. The molecule has 0 fully saturated rings. The molecule has 0 N–H and O–H groups in total. The van der Waals surface area contributed by atoms with Gasteiger partial charge in [-0.05, 0) is 13.0 Å². The molecule has 0 bridgehead atoms. The van der Waals surface area contributed by atoms with E-state index in [9.17, 15) is 24.5 Å². The Bertz CT molecular complexity index is 608. The standard InChI is InChI=1S/C12H10N2O5/c1-7(15)4-5-13-11(16)9-3-2-8(14(18)19)6-10(9)12(13)17/h2-3,6H,4-5H2,1H3. The molecule has 19 heavy (non-hydrogen) atoms. The Morgan fingerprint density at radius 2 is 1.89 bits per heavy atom. The number of fused-ring (bicyclic) bond motifs is 1. The molecule has 0 aliphatic carbocycles. The van der Waals surface area contributed by atoms with Crippen molar-refractivity contribution in [3.05, 3.63) is 39.4 Å². The Hall–Kier alpha value is -2.57. The van der Waals surface area contributed by atoms with Crippen molar-refractivity contribution in [1.29, 1.82) is 0 Å². The van der Waals surface area contributed by atoms with Gasteiger partial charge in [-0.1, -0.05) is 0 Å². The van der Waals surface area contributed by atoms with Gasteiger partial charge in [0.05, 0.1) is 16.1 Å². The highest BCUT2D eigenvalue weighted by atomic mass is 16.6. The lowest BCUT2D eigenvalue weighted by molar-refractivity contribution is -0.384. The Kier molecular flexibility index (Phi) is 3.12. The van der Waals surface area contributed by atoms with E-state index < -0.39 is 16.7 Å². The molecule has 1 heterocycles. The van der Waals surface area contributed by atoms with E-state index in [1.807, 2.05) is 0 Å². The Morgan fingerprint density at radius 1 is 1.26 bits per heavy atom. The number of amides is 2. The van der Waals surface area contributed by atoms with Gasteiger partial charge in [0.25, 0.3) is 17.5 Å². The average Bonchev–Trinajstić information content (AvgIpc) is 2.59. The molecule has 0 saturated carbocycles. The van der Waals surface area contributed by atoms with Gasteiger partial charge in [-0.25, -0.2) is 0 Å². The van der Waals surface area contributed by atoms with Crippen LogP contribution in [-0.2, 0) is 4.79 Å². The molecule has 0 saturated heterocycles. The van der Waals surface area contributed by atoms with Crippen LogP contribution in [0.5, 0.6) is 0 Å². The van der Waals surface area contributed by atoms with Gasteiger partial charge in [0.2, 0.25) is 0 Å². The normalized spacial score (nSPS) is 13.6. The van der Waals surface area contributed by atoms with Crippen LogP contribution >= 0.6 is 0 Å². The van der Waals surface area contributed by atoms with Gasteiger partial charge in [-0.15, -0.1) is 0 Å². The van der Waals surface area contributed by atoms with Gasteiger partial charge in [0.15, 0.2) is 0 Å². The number of hydrogen-bond acceptors (Lipinski definition) is 5. The lowest BCUT2D eigenvalue weighted by atomic mass is 10.1. The van der Waals surface area contributed by atoms with Crippen LogP contribution in [0.3, 0.4) is 0 Å². The largest absolute Gasteiger partial charge is 0.300 e. The number of carbonyl (C=O) groups excluding carboxylic acids is 3. The molecule has 1 aliphatic heterocycles. The van der Waals surface area contributed by atoms with Crippen LogP contribution in [0.1, 0.15) is 34.1 Å². The maximum Gasteiger partial charge on any atom is 0.270 e. The summed E-state index contributed by atoms with van der Waals surface area (Å²) in [5.74, 6) is -1.25. The first-order valence-electron chi connectivity index (χ1n) is 5.56. The predicted octanol–water partition coefficient (Wildman–Crippen LogP) is 1.17. The minimum absolute atomic E-state index is 0.00449. The van der Waals surface area contributed by atoms with E-state index in [1.54, 1.807) is 0 Å². The Labute approximate surface area is 108 Å². The number of nitro groups is 1. The van der Waals surface area contributed by atoms with E-state index >= 15 is 0 Å². The van der Waals surface area contributed by atoms with E-state index in [0.717, 1.165) is 11.0 Å². The first kappa shape index (κ1) is 12.9. The molecule has 1 aromatic rings. The van der Waals surface area contributed by atoms with Crippen molar-refractivity contribution in [3.63, 3.8) is 0 Å². The van der Waals surface area contributed by atoms with Crippen molar-refractivity contribution in [2.24, 2.45) is 0 Å². The number of rotatable bonds is 4. The summed E-state index contributed by atoms with van der Waals surface area (Å²) in [6.07, 6.45) is 0.0769. The molecule has 7 nitrogen and oxygen atoms in total. The second-order valence-corrected chi connectivity index (χ2v) is 4.20. The minimum atomic E-state index is -0.629. The fourth-order valence-corrected chi connectivity index (χ4v) is 1.86. The third kappa shape index (κ3) is 2.22. The average molecular weight is 262 g/mol. The zero-order valence-corrected chi connectivity index (χ0v) is 10.1. The number of imide groups is 1. The van der Waals surface area contributed by atoms with Crippen LogP contribution < -0.4 is 0 Å². The van der Waals surface area contributed by atoms with Crippen LogP contribution in [0, 0.1) is 10.1 Å². The summed E-state index contributed by atoms with van der Waals surface area (Å²) in [5.41, 5.74) is -0.0878. The molecule has 0 radical (unpaired) electrons. The molecule has 0 aromatic heterocycles. The fraction of sp³-hybridized carbons (Fsp3) is 0.250. The molecule has 2 rings (SSSR count). The number of benzene rings is 1. The number of nitro benzene ring substituents is 1. The van der Waals surface area contributed by atoms with E-state index in [4.69, 9.17) is 0 Å². The maximum absolute atomic E-state index is 12.0. The summed E-state index contributed by atoms with van der Waals surface area (Å²) in [7, 11) is 0. The predicted molar refractivity (Wildman–Crippen MR) is 63.8 cm³/mol. The van der Waals surface area contributed by atoms with Crippen molar-refractivity contribution < 1.29 is 19.3 Å². The van der Waals surface area contributed by atoms with Gasteiger partial charge >= 0.3 is 0 Å². The first-order chi connectivity index (χ1) is 8.91. The van der Waals surface area contributed by atoms with Crippen molar-refractivity contribution in [2.75, 3.05) is 6.54 Å². The third-order valence-corrected chi connectivity index (χ3v) is 2.85. The van der Waals surface area contributed by atoms with Crippen molar-refractivity contribution in [2.45, 2.75) is 13.3 Å². The Balaban J connectivity index is 2.33. The highest BCUT2D eigenvalue weighted by Gasteiger charge is 2.36. The third-order valence-electron chi connectivity index (χ3n) is 2.85. The van der Waals surface area contributed by atoms with Crippen LogP contribution in [0.25, 0.3) is 0 Å². The quantitative estimate of drug-likeness (QED) is 0.461. The number of nitrogens with zero attached hydrogens (tertiary/aromatic N) is 2. The van der Waals surface area contributed by atoms with Crippen LogP contribution in [-0.4, -0.2) is 34.0 Å². The first-order valence-corrected chi connectivity index (χ1v) is 5.56. The summed E-state index contributed by atoms with van der Waals surface area (Å²) in [6, 6.07) is 3.53. The van der Waals surface area contributed by atoms with Crippen molar-refractivity contribution >= 4 is 23.3 Å². The van der Waals surface area contributed by atoms with E-state index in [1.165, 1.54) is 19.1 Å². The molecule has 98 valence electrons. The number of Topliss-reactive ketones (excluding diaryl/α,β-unsaturated/α-hetero) is 1. The lowest BCUT2D eigenvalue weighted by Gasteiger charge is -2.11. The molecule has 0 unspecified atom stereocenters. The number of carbonyl (C=O) groups is 3. The molecule has 1 aromatic carbocycles. The molecule has 2 amide bonds. The summed E-state index contributed by atoms with van der Waals surface area (Å²) >= 11 is 0. The van der Waals surface area contributed by atoms with Gasteiger partial charge < -0.3 is 0 Å². The summed E-state index contributed by atoms with van der Waals surface area (Å²) in [4.78, 5) is 45.7. The van der Waals surface area contributed by atoms with Gasteiger partial charge in [-0.2, -0.15) is 0 Å². The lowest BCUT2D eigenvalue weighted by Crippen LogP contribution is -2.31. The summed E-state index contributed by atoms with van der Waals surface area (Å²) < 4.78 is 0. The van der Waals surface area contributed by atoms with Gasteiger partial charge in [0, 0.05) is 25.1 Å². The zero-order valence-electron chi connectivity index (χ0n) is 10.1. The summed E-state index contributed by atoms with van der Waals surface area (Å²) in [5, 5.41) is 10.6.